The summed E-state index contributed by atoms with van der Waals surface area (Å²) in [5.41, 5.74) is -0.173. The van der Waals surface area contributed by atoms with Gasteiger partial charge in [-0.25, -0.2) is 0 Å². The second-order valence-electron chi connectivity index (χ2n) is 6.61. The first-order valence-corrected chi connectivity index (χ1v) is 10.4. The van der Waals surface area contributed by atoms with E-state index in [1.165, 1.54) is 6.07 Å². The van der Waals surface area contributed by atoms with Gasteiger partial charge < -0.3 is 20.3 Å². The zero-order chi connectivity index (χ0) is 23.0. The van der Waals surface area contributed by atoms with Crippen molar-refractivity contribution in [1.82, 2.24) is 4.90 Å². The highest BCUT2D eigenvalue weighted by molar-refractivity contribution is 6.33. The Hall–Kier alpha value is -2.16. The number of nitrogens with zero attached hydrogens (tertiary/aromatic N) is 1. The summed E-state index contributed by atoms with van der Waals surface area (Å²) in [6, 6.07) is 7.77. The summed E-state index contributed by atoms with van der Waals surface area (Å²) in [5, 5.41) is 5.60. The van der Waals surface area contributed by atoms with Crippen LogP contribution in [0.3, 0.4) is 0 Å². The molecular formula is C21H24Cl2F3N3O2. The Morgan fingerprint density at radius 2 is 1.77 bits per heavy atom. The maximum absolute atomic E-state index is 12.7. The smallest absolute Gasteiger partial charge is 0.416 e. The molecule has 0 saturated heterocycles. The lowest BCUT2D eigenvalue weighted by atomic mass is 10.2. The Morgan fingerprint density at radius 3 is 2.35 bits per heavy atom. The largest absolute Gasteiger partial charge is 0.491 e. The van der Waals surface area contributed by atoms with E-state index in [1.807, 2.05) is 0 Å². The number of ether oxygens (including phenoxy) is 1. The molecule has 1 amide bonds. The Kier molecular flexibility index (Phi) is 9.28. The summed E-state index contributed by atoms with van der Waals surface area (Å²) >= 11 is 12.1. The summed E-state index contributed by atoms with van der Waals surface area (Å²) < 4.78 is 43.8. The van der Waals surface area contributed by atoms with Gasteiger partial charge in [-0.05, 0) is 49.5 Å². The molecule has 2 aromatic carbocycles. The predicted octanol–water partition coefficient (Wildman–Crippen LogP) is 5.78. The number of likely N-dealkylation sites (N-methyl/N-ethyl adjacent to an activating group) is 1. The van der Waals surface area contributed by atoms with E-state index in [0.717, 1.165) is 31.8 Å². The minimum atomic E-state index is -4.49. The molecule has 0 fully saturated rings. The van der Waals surface area contributed by atoms with Crippen molar-refractivity contribution in [1.29, 1.82) is 0 Å². The van der Waals surface area contributed by atoms with Crippen molar-refractivity contribution in [2.24, 2.45) is 0 Å². The lowest BCUT2D eigenvalue weighted by Gasteiger charge is -2.18. The molecule has 0 spiro atoms. The van der Waals surface area contributed by atoms with Crippen LogP contribution in [0.4, 0.5) is 24.5 Å². The molecule has 0 heterocycles. The van der Waals surface area contributed by atoms with Crippen molar-refractivity contribution in [3.05, 3.63) is 52.0 Å². The average Bonchev–Trinajstić information content (AvgIpc) is 2.71. The SMILES string of the molecule is CCN(CC)CCOc1ccc(NC(=O)CNc2ccc(C(F)(F)F)cc2Cl)cc1Cl. The molecule has 2 N–H and O–H groups in total. The quantitative estimate of drug-likeness (QED) is 0.455. The zero-order valence-electron chi connectivity index (χ0n) is 17.2. The van der Waals surface area contributed by atoms with Gasteiger partial charge in [0.15, 0.2) is 0 Å². The number of rotatable bonds is 10. The maximum atomic E-state index is 12.7. The van der Waals surface area contributed by atoms with Crippen LogP contribution in [0.5, 0.6) is 5.75 Å². The molecular weight excluding hydrogens is 454 g/mol. The fraction of sp³-hybridized carbons (Fsp3) is 0.381. The van der Waals surface area contributed by atoms with Gasteiger partial charge in [0.2, 0.25) is 5.91 Å². The lowest BCUT2D eigenvalue weighted by molar-refractivity contribution is -0.137. The molecule has 0 unspecified atom stereocenters. The van der Waals surface area contributed by atoms with Crippen LogP contribution >= 0.6 is 23.2 Å². The van der Waals surface area contributed by atoms with E-state index in [-0.39, 0.29) is 17.3 Å². The monoisotopic (exact) mass is 477 g/mol. The van der Waals surface area contributed by atoms with Crippen molar-refractivity contribution >= 4 is 40.5 Å². The number of carbonyl (C=O) groups is 1. The van der Waals surface area contributed by atoms with Crippen LogP contribution in [-0.2, 0) is 11.0 Å². The number of hydrogen-bond acceptors (Lipinski definition) is 4. The van der Waals surface area contributed by atoms with Gasteiger partial charge in [0.1, 0.15) is 12.4 Å². The summed E-state index contributed by atoms with van der Waals surface area (Å²) in [7, 11) is 0. The van der Waals surface area contributed by atoms with E-state index in [4.69, 9.17) is 27.9 Å². The van der Waals surface area contributed by atoms with Crippen molar-refractivity contribution in [2.75, 3.05) is 43.4 Å². The average molecular weight is 478 g/mol. The van der Waals surface area contributed by atoms with Crippen LogP contribution in [-0.4, -0.2) is 43.6 Å². The molecule has 0 atom stereocenters. The molecule has 10 heteroatoms. The van der Waals surface area contributed by atoms with Crippen LogP contribution in [0, 0.1) is 0 Å². The number of carbonyl (C=O) groups excluding carboxylic acids is 1. The molecule has 2 rings (SSSR count). The van der Waals surface area contributed by atoms with E-state index in [2.05, 4.69) is 29.4 Å². The molecule has 0 bridgehead atoms. The second-order valence-corrected chi connectivity index (χ2v) is 7.43. The third-order valence-electron chi connectivity index (χ3n) is 4.51. The highest BCUT2D eigenvalue weighted by Crippen LogP contribution is 2.33. The third kappa shape index (κ3) is 7.79. The molecule has 0 radical (unpaired) electrons. The van der Waals surface area contributed by atoms with Crippen LogP contribution < -0.4 is 15.4 Å². The van der Waals surface area contributed by atoms with E-state index in [1.54, 1.807) is 18.2 Å². The van der Waals surface area contributed by atoms with Gasteiger partial charge in [-0.15, -0.1) is 0 Å². The number of amides is 1. The summed E-state index contributed by atoms with van der Waals surface area (Å²) in [6.07, 6.45) is -4.49. The van der Waals surface area contributed by atoms with Crippen LogP contribution in [0.15, 0.2) is 36.4 Å². The lowest BCUT2D eigenvalue weighted by Crippen LogP contribution is -2.27. The van der Waals surface area contributed by atoms with Crippen molar-refractivity contribution in [3.8, 4) is 5.75 Å². The minimum Gasteiger partial charge on any atom is -0.491 e. The number of hydrogen-bond donors (Lipinski definition) is 2. The third-order valence-corrected chi connectivity index (χ3v) is 5.12. The summed E-state index contributed by atoms with van der Waals surface area (Å²) in [6.45, 7) is 7.10. The highest BCUT2D eigenvalue weighted by atomic mass is 35.5. The van der Waals surface area contributed by atoms with Crippen molar-refractivity contribution in [3.63, 3.8) is 0 Å². The van der Waals surface area contributed by atoms with Gasteiger partial charge in [-0.2, -0.15) is 13.2 Å². The van der Waals surface area contributed by atoms with Gasteiger partial charge in [0.05, 0.1) is 27.8 Å². The van der Waals surface area contributed by atoms with E-state index in [9.17, 15) is 18.0 Å². The first-order chi connectivity index (χ1) is 14.6. The number of halogens is 5. The van der Waals surface area contributed by atoms with E-state index in [0.29, 0.717) is 23.1 Å². The molecule has 31 heavy (non-hydrogen) atoms. The van der Waals surface area contributed by atoms with Crippen LogP contribution in [0.25, 0.3) is 0 Å². The fourth-order valence-corrected chi connectivity index (χ4v) is 3.22. The van der Waals surface area contributed by atoms with Gasteiger partial charge in [0.25, 0.3) is 0 Å². The van der Waals surface area contributed by atoms with Crippen molar-refractivity contribution in [2.45, 2.75) is 20.0 Å². The van der Waals surface area contributed by atoms with Gasteiger partial charge in [-0.3, -0.25) is 4.79 Å². The maximum Gasteiger partial charge on any atom is 0.416 e. The standard InChI is InChI=1S/C21H24Cl2F3N3O2/c1-3-29(4-2)9-10-31-19-8-6-15(12-17(19)23)28-20(30)13-27-18-7-5-14(11-16(18)22)21(24,25)26/h5-8,11-12,27H,3-4,9-10,13H2,1-2H3,(H,28,30). The Bertz CT molecular complexity index is 891. The van der Waals surface area contributed by atoms with Gasteiger partial charge in [0, 0.05) is 12.2 Å². The number of alkyl halides is 3. The Morgan fingerprint density at radius 1 is 1.06 bits per heavy atom. The van der Waals surface area contributed by atoms with Gasteiger partial charge >= 0.3 is 6.18 Å². The molecule has 5 nitrogen and oxygen atoms in total. The first kappa shape index (κ1) is 25.1. The topological polar surface area (TPSA) is 53.6 Å². The zero-order valence-corrected chi connectivity index (χ0v) is 18.7. The van der Waals surface area contributed by atoms with Crippen molar-refractivity contribution < 1.29 is 22.7 Å². The fourth-order valence-electron chi connectivity index (χ4n) is 2.74. The number of nitrogens with one attached hydrogen (secondary N) is 2. The van der Waals surface area contributed by atoms with Gasteiger partial charge in [-0.1, -0.05) is 37.0 Å². The number of anilines is 2. The summed E-state index contributed by atoms with van der Waals surface area (Å²) in [5.74, 6) is 0.101. The summed E-state index contributed by atoms with van der Waals surface area (Å²) in [4.78, 5) is 14.4. The van der Waals surface area contributed by atoms with Crippen LogP contribution in [0.1, 0.15) is 19.4 Å². The molecule has 170 valence electrons. The number of benzene rings is 2. The molecule has 0 aliphatic heterocycles. The molecule has 0 aliphatic carbocycles. The highest BCUT2D eigenvalue weighted by Gasteiger charge is 2.30. The normalized spacial score (nSPS) is 11.5. The van der Waals surface area contributed by atoms with E-state index >= 15 is 0 Å². The predicted molar refractivity (Wildman–Crippen MR) is 118 cm³/mol. The first-order valence-electron chi connectivity index (χ1n) is 9.69. The van der Waals surface area contributed by atoms with Crippen LogP contribution in [0.2, 0.25) is 10.0 Å². The molecule has 0 aromatic heterocycles. The minimum absolute atomic E-state index is 0.128. The Labute approximate surface area is 189 Å². The second kappa shape index (κ2) is 11.5. The Balaban J connectivity index is 1.87. The molecule has 2 aromatic rings. The molecule has 0 saturated carbocycles. The molecule has 0 aliphatic rings. The van der Waals surface area contributed by atoms with E-state index < -0.39 is 17.6 Å².